The Morgan fingerprint density at radius 1 is 1.18 bits per heavy atom. The molecule has 0 unspecified atom stereocenters. The molecule has 7 nitrogen and oxygen atoms in total. The van der Waals surface area contributed by atoms with Crippen LogP contribution in [0.5, 0.6) is 0 Å². The van der Waals surface area contributed by atoms with Crippen LogP contribution in [0.4, 0.5) is 5.69 Å². The lowest BCUT2D eigenvalue weighted by Gasteiger charge is -2.19. The molecule has 0 radical (unpaired) electrons. The number of nitrogens with zero attached hydrogens (tertiary/aromatic N) is 3. The van der Waals surface area contributed by atoms with Gasteiger partial charge in [0.2, 0.25) is 5.91 Å². The predicted octanol–water partition coefficient (Wildman–Crippen LogP) is 3.38. The molecule has 142 valence electrons. The van der Waals surface area contributed by atoms with E-state index in [4.69, 9.17) is 9.72 Å². The summed E-state index contributed by atoms with van der Waals surface area (Å²) in [5.74, 6) is 0.800. The average molecular weight is 375 g/mol. The number of carbonyl (C=O) groups excluding carboxylic acids is 1. The van der Waals surface area contributed by atoms with Crippen LogP contribution in [-0.4, -0.2) is 46.3 Å². The lowest BCUT2D eigenvalue weighted by Crippen LogP contribution is -2.37. The maximum atomic E-state index is 12.9. The van der Waals surface area contributed by atoms with Crippen LogP contribution in [-0.2, 0) is 14.9 Å². The number of aromatic amines is 2. The van der Waals surface area contributed by atoms with E-state index in [1.54, 1.807) is 7.11 Å². The Kier molecular flexibility index (Phi) is 3.57. The highest BCUT2D eigenvalue weighted by atomic mass is 16.5. The molecule has 7 heteroatoms. The van der Waals surface area contributed by atoms with Crippen molar-refractivity contribution in [3.8, 4) is 11.5 Å². The Bertz CT molecular complexity index is 1220. The summed E-state index contributed by atoms with van der Waals surface area (Å²) < 4.78 is 5.19. The van der Waals surface area contributed by atoms with Crippen LogP contribution in [0.3, 0.4) is 0 Å². The molecule has 4 aromatic rings. The van der Waals surface area contributed by atoms with Crippen LogP contribution in [0, 0.1) is 0 Å². The van der Waals surface area contributed by atoms with Gasteiger partial charge in [0, 0.05) is 19.0 Å². The number of hydrogen-bond donors (Lipinski definition) is 2. The maximum Gasteiger partial charge on any atom is 0.237 e. The number of hydrogen-bond acceptors (Lipinski definition) is 4. The molecular formula is C21H21N5O2. The summed E-state index contributed by atoms with van der Waals surface area (Å²) in [4.78, 5) is 22.9. The largest absolute Gasteiger partial charge is 0.383 e. The summed E-state index contributed by atoms with van der Waals surface area (Å²) in [5.41, 5.74) is 4.79. The van der Waals surface area contributed by atoms with Gasteiger partial charge in [-0.2, -0.15) is 5.10 Å². The minimum absolute atomic E-state index is 0.0886. The number of fused-ring (bicyclic) bond motifs is 3. The van der Waals surface area contributed by atoms with E-state index in [1.807, 2.05) is 55.1 Å². The van der Waals surface area contributed by atoms with Gasteiger partial charge < -0.3 is 14.6 Å². The molecule has 0 saturated heterocycles. The molecule has 5 rings (SSSR count). The quantitative estimate of drug-likeness (QED) is 0.572. The molecule has 3 heterocycles. The van der Waals surface area contributed by atoms with E-state index in [2.05, 4.69) is 15.2 Å². The number of H-pyrrole nitrogens is 2. The molecule has 2 aromatic heterocycles. The van der Waals surface area contributed by atoms with Crippen LogP contribution < -0.4 is 4.90 Å². The van der Waals surface area contributed by atoms with Gasteiger partial charge in [-0.25, -0.2) is 4.98 Å². The number of amides is 1. The van der Waals surface area contributed by atoms with Gasteiger partial charge >= 0.3 is 0 Å². The van der Waals surface area contributed by atoms with E-state index >= 15 is 0 Å². The zero-order valence-electron chi connectivity index (χ0n) is 16.0. The molecule has 0 aliphatic carbocycles. The van der Waals surface area contributed by atoms with Crippen LogP contribution in [0.25, 0.3) is 33.5 Å². The molecule has 0 bridgehead atoms. The smallest absolute Gasteiger partial charge is 0.237 e. The number of anilines is 1. The third kappa shape index (κ3) is 2.29. The van der Waals surface area contributed by atoms with E-state index in [0.29, 0.717) is 19.0 Å². The van der Waals surface area contributed by atoms with Gasteiger partial charge in [0.05, 0.1) is 34.3 Å². The first-order valence-electron chi connectivity index (χ1n) is 9.29. The SMILES string of the molecule is COCCN1C(=O)C(C)(C)c2cc3nc(-c4n[nH]c5ccccc45)[nH]c3cc21. The van der Waals surface area contributed by atoms with Crippen LogP contribution >= 0.6 is 0 Å². The number of imidazole rings is 1. The van der Waals surface area contributed by atoms with Gasteiger partial charge in [-0.05, 0) is 37.6 Å². The zero-order valence-corrected chi connectivity index (χ0v) is 16.0. The van der Waals surface area contributed by atoms with E-state index in [9.17, 15) is 4.79 Å². The molecule has 1 aliphatic rings. The second-order valence-electron chi connectivity index (χ2n) is 7.66. The van der Waals surface area contributed by atoms with Gasteiger partial charge in [0.15, 0.2) is 5.82 Å². The molecule has 0 atom stereocenters. The van der Waals surface area contributed by atoms with Crippen molar-refractivity contribution in [2.75, 3.05) is 25.2 Å². The highest BCUT2D eigenvalue weighted by Gasteiger charge is 2.44. The summed E-state index contributed by atoms with van der Waals surface area (Å²) in [6.07, 6.45) is 0. The second kappa shape index (κ2) is 5.90. The Balaban J connectivity index is 1.66. The summed E-state index contributed by atoms with van der Waals surface area (Å²) >= 11 is 0. The number of aromatic nitrogens is 4. The first kappa shape index (κ1) is 16.9. The maximum absolute atomic E-state index is 12.9. The third-order valence-electron chi connectivity index (χ3n) is 5.56. The molecule has 0 spiro atoms. The first-order valence-corrected chi connectivity index (χ1v) is 9.29. The predicted molar refractivity (Wildman–Crippen MR) is 108 cm³/mol. The molecular weight excluding hydrogens is 354 g/mol. The fourth-order valence-electron chi connectivity index (χ4n) is 3.99. The second-order valence-corrected chi connectivity index (χ2v) is 7.66. The fraction of sp³-hybridized carbons (Fsp3) is 0.286. The van der Waals surface area contributed by atoms with Crippen molar-refractivity contribution in [3.63, 3.8) is 0 Å². The summed E-state index contributed by atoms with van der Waals surface area (Å²) in [5, 5.41) is 8.50. The normalized spacial score (nSPS) is 15.7. The highest BCUT2D eigenvalue weighted by molar-refractivity contribution is 6.09. The first-order chi connectivity index (χ1) is 13.5. The Morgan fingerprint density at radius 2 is 2.00 bits per heavy atom. The molecule has 28 heavy (non-hydrogen) atoms. The van der Waals surface area contributed by atoms with Crippen LogP contribution in [0.15, 0.2) is 36.4 Å². The van der Waals surface area contributed by atoms with Crippen molar-refractivity contribution in [2.24, 2.45) is 0 Å². The molecule has 2 N–H and O–H groups in total. The number of nitrogens with one attached hydrogen (secondary N) is 2. The molecule has 2 aromatic carbocycles. The minimum atomic E-state index is -0.588. The van der Waals surface area contributed by atoms with Crippen molar-refractivity contribution < 1.29 is 9.53 Å². The summed E-state index contributed by atoms with van der Waals surface area (Å²) in [6, 6.07) is 12.0. The van der Waals surface area contributed by atoms with Crippen molar-refractivity contribution in [2.45, 2.75) is 19.3 Å². The van der Waals surface area contributed by atoms with Gasteiger partial charge in [-0.1, -0.05) is 18.2 Å². The zero-order chi connectivity index (χ0) is 19.5. The van der Waals surface area contributed by atoms with E-state index < -0.39 is 5.41 Å². The summed E-state index contributed by atoms with van der Waals surface area (Å²) in [6.45, 7) is 4.94. The standard InChI is InChI=1S/C21H21N5O2/c1-21(2)13-10-15-16(11-17(13)26(20(21)27)8-9-28-3)23-19(22-15)18-12-6-4-5-7-14(12)24-25-18/h4-7,10-11H,8-9H2,1-3H3,(H,22,23)(H,24,25). The topological polar surface area (TPSA) is 86.9 Å². The van der Waals surface area contributed by atoms with E-state index in [0.717, 1.165) is 38.9 Å². The average Bonchev–Trinajstić information content (AvgIpc) is 3.34. The lowest BCUT2D eigenvalue weighted by molar-refractivity contribution is -0.122. The van der Waals surface area contributed by atoms with Crippen LogP contribution in [0.2, 0.25) is 0 Å². The van der Waals surface area contributed by atoms with E-state index in [1.165, 1.54) is 0 Å². The van der Waals surface area contributed by atoms with Gasteiger partial charge in [-0.3, -0.25) is 9.89 Å². The molecule has 1 amide bonds. The van der Waals surface area contributed by atoms with Crippen molar-refractivity contribution in [3.05, 3.63) is 42.0 Å². The van der Waals surface area contributed by atoms with Crippen molar-refractivity contribution >= 4 is 33.5 Å². The minimum Gasteiger partial charge on any atom is -0.383 e. The summed E-state index contributed by atoms with van der Waals surface area (Å²) in [7, 11) is 1.64. The third-order valence-corrected chi connectivity index (χ3v) is 5.56. The molecule has 1 aliphatic heterocycles. The van der Waals surface area contributed by atoms with E-state index in [-0.39, 0.29) is 5.91 Å². The van der Waals surface area contributed by atoms with Crippen molar-refractivity contribution in [1.29, 1.82) is 0 Å². The number of benzene rings is 2. The van der Waals surface area contributed by atoms with Crippen molar-refractivity contribution in [1.82, 2.24) is 20.2 Å². The van der Waals surface area contributed by atoms with Crippen LogP contribution in [0.1, 0.15) is 19.4 Å². The highest BCUT2D eigenvalue weighted by Crippen LogP contribution is 2.43. The number of rotatable bonds is 4. The Morgan fingerprint density at radius 3 is 2.82 bits per heavy atom. The number of methoxy groups -OCH3 is 1. The van der Waals surface area contributed by atoms with Gasteiger partial charge in [0.25, 0.3) is 0 Å². The number of carbonyl (C=O) groups is 1. The lowest BCUT2D eigenvalue weighted by atomic mass is 9.86. The monoisotopic (exact) mass is 375 g/mol. The number of ether oxygens (including phenoxy) is 1. The van der Waals surface area contributed by atoms with Gasteiger partial charge in [-0.15, -0.1) is 0 Å². The molecule has 0 fully saturated rings. The fourth-order valence-corrected chi connectivity index (χ4v) is 3.99. The van der Waals surface area contributed by atoms with Gasteiger partial charge in [0.1, 0.15) is 5.69 Å². The molecule has 0 saturated carbocycles. The Labute approximate surface area is 161 Å². The number of para-hydroxylation sites is 1. The Hall–Kier alpha value is -3.19.